The molecule has 0 saturated carbocycles. The normalized spacial score (nSPS) is 11.7. The summed E-state index contributed by atoms with van der Waals surface area (Å²) in [7, 11) is 0. The van der Waals surface area contributed by atoms with Gasteiger partial charge in [-0.05, 0) is 50.6 Å². The Bertz CT molecular complexity index is 712. The number of amides is 2. The maximum absolute atomic E-state index is 12.1. The average Bonchev–Trinajstić information content (AvgIpc) is 2.62. The van der Waals surface area contributed by atoms with Crippen molar-refractivity contribution >= 4 is 11.8 Å². The van der Waals surface area contributed by atoms with Gasteiger partial charge in [0.1, 0.15) is 11.9 Å². The molecule has 0 aliphatic heterocycles. The number of hydrogen-bond donors (Lipinski definition) is 2. The summed E-state index contributed by atoms with van der Waals surface area (Å²) in [5, 5.41) is 5.54. The predicted molar refractivity (Wildman–Crippen MR) is 102 cm³/mol. The minimum absolute atomic E-state index is 0.0704. The molecule has 0 aliphatic carbocycles. The largest absolute Gasteiger partial charge is 0.486 e. The number of benzene rings is 2. The first-order chi connectivity index (χ1) is 12.5. The Morgan fingerprint density at radius 2 is 1.62 bits per heavy atom. The summed E-state index contributed by atoms with van der Waals surface area (Å²) in [6, 6.07) is 17.0. The molecule has 0 aromatic heterocycles. The van der Waals surface area contributed by atoms with Crippen LogP contribution in [0.1, 0.15) is 49.2 Å². The lowest BCUT2D eigenvalue weighted by atomic mass is 10.1. The highest BCUT2D eigenvalue weighted by Crippen LogP contribution is 2.21. The molecule has 0 fully saturated rings. The number of carbonyl (C=O) groups excluding carboxylic acids is 2. The van der Waals surface area contributed by atoms with E-state index in [1.165, 1.54) is 0 Å². The van der Waals surface area contributed by atoms with Crippen LogP contribution < -0.4 is 15.4 Å². The highest BCUT2D eigenvalue weighted by Gasteiger charge is 2.09. The third kappa shape index (κ3) is 6.24. The fourth-order valence-corrected chi connectivity index (χ4v) is 2.47. The van der Waals surface area contributed by atoms with E-state index in [-0.39, 0.29) is 30.4 Å². The molecular formula is C21H26N2O3. The van der Waals surface area contributed by atoms with Crippen molar-refractivity contribution in [1.82, 2.24) is 10.6 Å². The van der Waals surface area contributed by atoms with Gasteiger partial charge in [-0.25, -0.2) is 0 Å². The zero-order valence-corrected chi connectivity index (χ0v) is 15.5. The summed E-state index contributed by atoms with van der Waals surface area (Å²) >= 11 is 0. The summed E-state index contributed by atoms with van der Waals surface area (Å²) in [6.45, 7) is 6.09. The van der Waals surface area contributed by atoms with Gasteiger partial charge in [-0.15, -0.1) is 0 Å². The SMILES string of the molecule is CC(C)NC(=O)CCNC(=O)c1ccc(O[C@@H](C)c2ccccc2)cc1. The van der Waals surface area contributed by atoms with E-state index in [0.29, 0.717) is 17.9 Å². The maximum atomic E-state index is 12.1. The third-order valence-corrected chi connectivity index (χ3v) is 3.79. The van der Waals surface area contributed by atoms with E-state index in [4.69, 9.17) is 4.74 Å². The third-order valence-electron chi connectivity index (χ3n) is 3.79. The smallest absolute Gasteiger partial charge is 0.251 e. The summed E-state index contributed by atoms with van der Waals surface area (Å²) < 4.78 is 5.90. The molecule has 5 heteroatoms. The first-order valence-electron chi connectivity index (χ1n) is 8.85. The standard InChI is InChI=1S/C21H26N2O3/c1-15(2)23-20(24)13-14-22-21(25)18-9-11-19(12-10-18)26-16(3)17-7-5-4-6-8-17/h4-12,15-16H,13-14H2,1-3H3,(H,22,25)(H,23,24)/t16-/m0/s1. The first kappa shape index (κ1) is 19.5. The van der Waals surface area contributed by atoms with Crippen molar-refractivity contribution in [2.45, 2.75) is 39.3 Å². The van der Waals surface area contributed by atoms with Crippen LogP contribution in [0, 0.1) is 0 Å². The molecule has 0 spiro atoms. The van der Waals surface area contributed by atoms with Crippen LogP contribution in [0.4, 0.5) is 0 Å². The van der Waals surface area contributed by atoms with Crippen molar-refractivity contribution in [2.75, 3.05) is 6.54 Å². The Balaban J connectivity index is 1.82. The fraction of sp³-hybridized carbons (Fsp3) is 0.333. The second-order valence-electron chi connectivity index (χ2n) is 6.42. The molecule has 26 heavy (non-hydrogen) atoms. The quantitative estimate of drug-likeness (QED) is 0.763. The molecule has 2 N–H and O–H groups in total. The highest BCUT2D eigenvalue weighted by molar-refractivity contribution is 5.94. The Labute approximate surface area is 154 Å². The molecular weight excluding hydrogens is 328 g/mol. The van der Waals surface area contributed by atoms with Crippen molar-refractivity contribution in [3.63, 3.8) is 0 Å². The van der Waals surface area contributed by atoms with Crippen LogP contribution >= 0.6 is 0 Å². The molecule has 0 unspecified atom stereocenters. The van der Waals surface area contributed by atoms with E-state index in [0.717, 1.165) is 5.56 Å². The van der Waals surface area contributed by atoms with Gasteiger partial charge >= 0.3 is 0 Å². The van der Waals surface area contributed by atoms with Crippen LogP contribution in [0.25, 0.3) is 0 Å². The molecule has 0 bridgehead atoms. The molecule has 2 rings (SSSR count). The van der Waals surface area contributed by atoms with Crippen LogP contribution in [0.15, 0.2) is 54.6 Å². The number of hydrogen-bond acceptors (Lipinski definition) is 3. The first-order valence-corrected chi connectivity index (χ1v) is 8.85. The molecule has 1 atom stereocenters. The summed E-state index contributed by atoms with van der Waals surface area (Å²) in [5.41, 5.74) is 1.63. The molecule has 5 nitrogen and oxygen atoms in total. The van der Waals surface area contributed by atoms with E-state index in [2.05, 4.69) is 10.6 Å². The molecule has 0 aliphatic rings. The predicted octanol–water partition coefficient (Wildman–Crippen LogP) is 3.47. The summed E-state index contributed by atoms with van der Waals surface area (Å²) in [6.07, 6.45) is 0.190. The molecule has 2 aromatic carbocycles. The van der Waals surface area contributed by atoms with Gasteiger partial charge in [0.05, 0.1) is 0 Å². The van der Waals surface area contributed by atoms with Gasteiger partial charge in [0.2, 0.25) is 5.91 Å². The average molecular weight is 354 g/mol. The molecule has 0 saturated heterocycles. The van der Waals surface area contributed by atoms with Gasteiger partial charge in [0.25, 0.3) is 5.91 Å². The summed E-state index contributed by atoms with van der Waals surface area (Å²) in [5.74, 6) is 0.429. The maximum Gasteiger partial charge on any atom is 0.251 e. The van der Waals surface area contributed by atoms with E-state index >= 15 is 0 Å². The van der Waals surface area contributed by atoms with Crippen molar-refractivity contribution < 1.29 is 14.3 Å². The minimum Gasteiger partial charge on any atom is -0.486 e. The van der Waals surface area contributed by atoms with Gasteiger partial charge < -0.3 is 15.4 Å². The number of rotatable bonds is 8. The zero-order valence-electron chi connectivity index (χ0n) is 15.5. The lowest BCUT2D eigenvalue weighted by Gasteiger charge is -2.15. The lowest BCUT2D eigenvalue weighted by molar-refractivity contribution is -0.121. The Kier molecular flexibility index (Phi) is 7.21. The van der Waals surface area contributed by atoms with E-state index in [9.17, 15) is 9.59 Å². The van der Waals surface area contributed by atoms with Crippen LogP contribution in [0.5, 0.6) is 5.75 Å². The molecule has 0 radical (unpaired) electrons. The van der Waals surface area contributed by atoms with E-state index < -0.39 is 0 Å². The van der Waals surface area contributed by atoms with E-state index in [1.807, 2.05) is 51.1 Å². The number of nitrogens with one attached hydrogen (secondary N) is 2. The van der Waals surface area contributed by atoms with Crippen molar-refractivity contribution in [3.05, 3.63) is 65.7 Å². The monoisotopic (exact) mass is 354 g/mol. The van der Waals surface area contributed by atoms with Crippen LogP contribution in [-0.4, -0.2) is 24.4 Å². The number of carbonyl (C=O) groups is 2. The van der Waals surface area contributed by atoms with Crippen molar-refractivity contribution in [1.29, 1.82) is 0 Å². The summed E-state index contributed by atoms with van der Waals surface area (Å²) in [4.78, 5) is 23.7. The van der Waals surface area contributed by atoms with Crippen molar-refractivity contribution in [3.8, 4) is 5.75 Å². The Morgan fingerprint density at radius 3 is 2.23 bits per heavy atom. The van der Waals surface area contributed by atoms with Gasteiger partial charge in [0.15, 0.2) is 0 Å². The van der Waals surface area contributed by atoms with Crippen LogP contribution in [-0.2, 0) is 4.79 Å². The lowest BCUT2D eigenvalue weighted by Crippen LogP contribution is -2.34. The molecule has 2 amide bonds. The fourth-order valence-electron chi connectivity index (χ4n) is 2.47. The second kappa shape index (κ2) is 9.61. The van der Waals surface area contributed by atoms with Crippen LogP contribution in [0.3, 0.4) is 0 Å². The topological polar surface area (TPSA) is 67.4 Å². The molecule has 138 valence electrons. The van der Waals surface area contributed by atoms with Gasteiger partial charge in [0, 0.05) is 24.6 Å². The van der Waals surface area contributed by atoms with E-state index in [1.54, 1.807) is 24.3 Å². The second-order valence-corrected chi connectivity index (χ2v) is 6.42. The number of ether oxygens (including phenoxy) is 1. The van der Waals surface area contributed by atoms with Gasteiger partial charge in [-0.1, -0.05) is 30.3 Å². The minimum atomic E-state index is -0.204. The van der Waals surface area contributed by atoms with Gasteiger partial charge in [-0.2, -0.15) is 0 Å². The Morgan fingerprint density at radius 1 is 0.962 bits per heavy atom. The van der Waals surface area contributed by atoms with Crippen LogP contribution in [0.2, 0.25) is 0 Å². The van der Waals surface area contributed by atoms with Crippen molar-refractivity contribution in [2.24, 2.45) is 0 Å². The van der Waals surface area contributed by atoms with Gasteiger partial charge in [-0.3, -0.25) is 9.59 Å². The zero-order chi connectivity index (χ0) is 18.9. The Hall–Kier alpha value is -2.82. The highest BCUT2D eigenvalue weighted by atomic mass is 16.5. The molecule has 2 aromatic rings. The molecule has 0 heterocycles.